The maximum Gasteiger partial charge on any atom is 0.253 e. The first-order chi connectivity index (χ1) is 16.6. The van der Waals surface area contributed by atoms with E-state index in [1.165, 1.54) is 33.3 Å². The van der Waals surface area contributed by atoms with Gasteiger partial charge in [0.05, 0.1) is 7.11 Å². The molecule has 6 rings (SSSR count). The lowest BCUT2D eigenvalue weighted by molar-refractivity contribution is 0.0501. The maximum absolute atomic E-state index is 13.4. The van der Waals surface area contributed by atoms with Crippen molar-refractivity contribution in [3.05, 3.63) is 101 Å². The Morgan fingerprint density at radius 3 is 2.71 bits per heavy atom. The summed E-state index contributed by atoms with van der Waals surface area (Å²) in [6, 6.07) is 24.8. The van der Waals surface area contributed by atoms with Gasteiger partial charge in [-0.25, -0.2) is 0 Å². The van der Waals surface area contributed by atoms with Crippen LogP contribution in [0, 0.1) is 12.8 Å². The average molecular weight is 451 g/mol. The van der Waals surface area contributed by atoms with Crippen LogP contribution in [0.3, 0.4) is 0 Å². The van der Waals surface area contributed by atoms with Crippen molar-refractivity contribution in [3.8, 4) is 5.75 Å². The minimum atomic E-state index is -0.0240. The topological polar surface area (TPSA) is 45.3 Å². The second-order valence-corrected chi connectivity index (χ2v) is 9.91. The molecule has 4 nitrogen and oxygen atoms in total. The van der Waals surface area contributed by atoms with Crippen LogP contribution in [0.25, 0.3) is 10.9 Å². The average Bonchev–Trinajstić information content (AvgIpc) is 3.25. The molecule has 4 heteroatoms. The molecule has 3 aromatic carbocycles. The van der Waals surface area contributed by atoms with E-state index in [1.807, 2.05) is 36.4 Å². The third-order valence-corrected chi connectivity index (χ3v) is 8.17. The van der Waals surface area contributed by atoms with Crippen LogP contribution in [0.2, 0.25) is 0 Å². The molecule has 1 amide bonds. The minimum absolute atomic E-state index is 0.0240. The molecule has 1 aliphatic heterocycles. The second-order valence-electron chi connectivity index (χ2n) is 9.91. The largest absolute Gasteiger partial charge is 0.497 e. The molecule has 1 saturated heterocycles. The van der Waals surface area contributed by atoms with Crippen molar-refractivity contribution in [3.63, 3.8) is 0 Å². The Morgan fingerprint density at radius 2 is 1.88 bits per heavy atom. The molecule has 0 spiro atoms. The lowest BCUT2D eigenvalue weighted by Gasteiger charge is -2.51. The number of likely N-dealkylation sites (tertiary alicyclic amines) is 1. The third-order valence-electron chi connectivity index (χ3n) is 8.17. The lowest BCUT2D eigenvalue weighted by atomic mass is 9.58. The number of ether oxygens (including phenoxy) is 1. The van der Waals surface area contributed by atoms with Crippen LogP contribution in [-0.4, -0.2) is 36.0 Å². The molecule has 2 heterocycles. The van der Waals surface area contributed by atoms with Crippen molar-refractivity contribution in [1.82, 2.24) is 9.88 Å². The number of hydrogen-bond donors (Lipinski definition) is 1. The van der Waals surface area contributed by atoms with Crippen LogP contribution < -0.4 is 4.74 Å². The van der Waals surface area contributed by atoms with Crippen molar-refractivity contribution < 1.29 is 9.53 Å². The third kappa shape index (κ3) is 3.24. The summed E-state index contributed by atoms with van der Waals surface area (Å²) < 4.78 is 5.60. The van der Waals surface area contributed by atoms with Gasteiger partial charge < -0.3 is 14.6 Å². The summed E-state index contributed by atoms with van der Waals surface area (Å²) in [5, 5.41) is 1.36. The van der Waals surface area contributed by atoms with Crippen LogP contribution in [0.15, 0.2) is 72.8 Å². The summed E-state index contributed by atoms with van der Waals surface area (Å²) in [7, 11) is 1.73. The number of methoxy groups -OCH3 is 1. The Balaban J connectivity index is 1.45. The highest BCUT2D eigenvalue weighted by atomic mass is 16.5. The summed E-state index contributed by atoms with van der Waals surface area (Å²) >= 11 is 0. The number of rotatable bonds is 3. The molecule has 1 aromatic heterocycles. The molecule has 0 saturated carbocycles. The number of nitrogens with one attached hydrogen (secondary N) is 1. The van der Waals surface area contributed by atoms with Gasteiger partial charge in [0.1, 0.15) is 5.75 Å². The Morgan fingerprint density at radius 1 is 1.06 bits per heavy atom. The highest BCUT2D eigenvalue weighted by Gasteiger charge is 2.49. The van der Waals surface area contributed by atoms with Crippen molar-refractivity contribution >= 4 is 16.8 Å². The Labute approximate surface area is 200 Å². The second kappa shape index (κ2) is 8.05. The van der Waals surface area contributed by atoms with Crippen LogP contribution in [0.4, 0.5) is 0 Å². The molecule has 1 fully saturated rings. The van der Waals surface area contributed by atoms with Crippen molar-refractivity contribution in [2.45, 2.75) is 31.6 Å². The maximum atomic E-state index is 13.4. The van der Waals surface area contributed by atoms with Crippen LogP contribution >= 0.6 is 0 Å². The number of hydrogen-bond acceptors (Lipinski definition) is 2. The molecule has 1 aliphatic carbocycles. The van der Waals surface area contributed by atoms with E-state index < -0.39 is 0 Å². The van der Waals surface area contributed by atoms with Crippen LogP contribution in [-0.2, 0) is 18.3 Å². The highest BCUT2D eigenvalue weighted by molar-refractivity contribution is 5.94. The SMILES string of the molecule is COc1cccc(C23CCN(C(=O)c4ccccc4)CC2Cc2c([nH]c4cccc(C)c24)C3)c1. The quantitative estimate of drug-likeness (QED) is 0.436. The Kier molecular flexibility index (Phi) is 4.98. The standard InChI is InChI=1S/C30H30N2O2/c1-20-8-6-13-26-28(20)25-17-23-19-32(29(33)21-9-4-3-5-10-21)15-14-30(23,18-27(25)31-26)22-11-7-12-24(16-22)34-2/h3-13,16,23,31H,14-15,17-19H2,1-2H3. The zero-order valence-electron chi connectivity index (χ0n) is 19.8. The smallest absolute Gasteiger partial charge is 0.253 e. The number of nitrogens with zero attached hydrogens (tertiary/aromatic N) is 1. The van der Waals surface area contributed by atoms with Crippen molar-refractivity contribution in [2.75, 3.05) is 20.2 Å². The molecular weight excluding hydrogens is 420 g/mol. The van der Waals surface area contributed by atoms with Gasteiger partial charge in [-0.3, -0.25) is 4.79 Å². The van der Waals surface area contributed by atoms with E-state index >= 15 is 0 Å². The van der Waals surface area contributed by atoms with Crippen molar-refractivity contribution in [2.24, 2.45) is 5.92 Å². The number of aromatic nitrogens is 1. The lowest BCUT2D eigenvalue weighted by Crippen LogP contribution is -2.55. The predicted octanol–water partition coefficient (Wildman–Crippen LogP) is 5.68. The summed E-state index contributed by atoms with van der Waals surface area (Å²) in [5.41, 5.74) is 7.40. The fraction of sp³-hybridized carbons (Fsp3) is 0.300. The van der Waals surface area contributed by atoms with E-state index in [4.69, 9.17) is 4.74 Å². The molecule has 0 bridgehead atoms. The number of aryl methyl sites for hydroxylation is 1. The molecule has 4 aromatic rings. The summed E-state index contributed by atoms with van der Waals surface area (Å²) in [6.07, 6.45) is 2.87. The molecular formula is C30H30N2O2. The van der Waals surface area contributed by atoms with Gasteiger partial charge in [-0.2, -0.15) is 0 Å². The van der Waals surface area contributed by atoms with Gasteiger partial charge >= 0.3 is 0 Å². The zero-order chi connectivity index (χ0) is 23.3. The van der Waals surface area contributed by atoms with E-state index in [-0.39, 0.29) is 11.3 Å². The fourth-order valence-electron chi connectivity index (χ4n) is 6.43. The normalized spacial score (nSPS) is 21.7. The van der Waals surface area contributed by atoms with Crippen LogP contribution in [0.1, 0.15) is 39.2 Å². The number of H-pyrrole nitrogens is 1. The molecule has 2 unspecified atom stereocenters. The van der Waals surface area contributed by atoms with E-state index in [1.54, 1.807) is 7.11 Å². The Bertz CT molecular complexity index is 1370. The molecule has 172 valence electrons. The minimum Gasteiger partial charge on any atom is -0.497 e. The number of carbonyl (C=O) groups is 1. The van der Waals surface area contributed by atoms with E-state index in [9.17, 15) is 4.79 Å². The van der Waals surface area contributed by atoms with Gasteiger partial charge in [-0.05, 0) is 79.1 Å². The number of aromatic amines is 1. The van der Waals surface area contributed by atoms with Gasteiger partial charge in [-0.15, -0.1) is 0 Å². The van der Waals surface area contributed by atoms with Crippen molar-refractivity contribution in [1.29, 1.82) is 0 Å². The molecule has 34 heavy (non-hydrogen) atoms. The molecule has 2 aliphatic rings. The fourth-order valence-corrected chi connectivity index (χ4v) is 6.43. The molecule has 2 atom stereocenters. The number of benzene rings is 3. The van der Waals surface area contributed by atoms with Gasteiger partial charge in [0.25, 0.3) is 5.91 Å². The van der Waals surface area contributed by atoms with E-state index in [2.05, 4.69) is 53.2 Å². The van der Waals surface area contributed by atoms with Gasteiger partial charge in [0.15, 0.2) is 0 Å². The molecule has 0 radical (unpaired) electrons. The van der Waals surface area contributed by atoms with Gasteiger partial charge in [-0.1, -0.05) is 42.5 Å². The summed E-state index contributed by atoms with van der Waals surface area (Å²) in [5.74, 6) is 1.37. The van der Waals surface area contributed by atoms with Gasteiger partial charge in [0, 0.05) is 40.7 Å². The molecule has 1 N–H and O–H groups in total. The first kappa shape index (κ1) is 21.0. The van der Waals surface area contributed by atoms with Gasteiger partial charge in [0.2, 0.25) is 0 Å². The zero-order valence-corrected chi connectivity index (χ0v) is 19.8. The number of piperidine rings is 1. The first-order valence-electron chi connectivity index (χ1n) is 12.2. The summed E-state index contributed by atoms with van der Waals surface area (Å²) in [4.78, 5) is 19.2. The number of carbonyl (C=O) groups excluding carboxylic acids is 1. The first-order valence-corrected chi connectivity index (χ1v) is 12.2. The summed E-state index contributed by atoms with van der Waals surface area (Å²) in [6.45, 7) is 3.73. The monoisotopic (exact) mass is 450 g/mol. The Hall–Kier alpha value is -3.53. The number of amides is 1. The highest BCUT2D eigenvalue weighted by Crippen LogP contribution is 2.50. The van der Waals surface area contributed by atoms with Crippen LogP contribution in [0.5, 0.6) is 5.75 Å². The number of fused-ring (bicyclic) bond motifs is 4. The predicted molar refractivity (Wildman–Crippen MR) is 136 cm³/mol. The van der Waals surface area contributed by atoms with E-state index in [0.717, 1.165) is 43.7 Å². The van der Waals surface area contributed by atoms with E-state index in [0.29, 0.717) is 5.92 Å².